The van der Waals surface area contributed by atoms with Crippen molar-refractivity contribution < 1.29 is 0 Å². The first-order chi connectivity index (χ1) is 7.24. The Morgan fingerprint density at radius 2 is 2.00 bits per heavy atom. The van der Waals surface area contributed by atoms with Crippen LogP contribution in [0.1, 0.15) is 16.8 Å². The predicted molar refractivity (Wildman–Crippen MR) is 61.4 cm³/mol. The van der Waals surface area contributed by atoms with E-state index in [9.17, 15) is 0 Å². The highest BCUT2D eigenvalue weighted by Crippen LogP contribution is 2.25. The molecule has 0 spiro atoms. The van der Waals surface area contributed by atoms with E-state index in [-0.39, 0.29) is 0 Å². The second kappa shape index (κ2) is 3.87. The number of benzene rings is 1. The van der Waals surface area contributed by atoms with Gasteiger partial charge in [-0.25, -0.2) is 0 Å². The van der Waals surface area contributed by atoms with Crippen LogP contribution in [-0.2, 0) is 6.54 Å². The summed E-state index contributed by atoms with van der Waals surface area (Å²) < 4.78 is 0. The first-order valence-corrected chi connectivity index (χ1v) is 5.04. The number of aromatic amines is 1. The van der Waals surface area contributed by atoms with Gasteiger partial charge < -0.3 is 5.73 Å². The molecule has 0 amide bonds. The Bertz CT molecular complexity index is 471. The number of nitrogens with one attached hydrogen (secondary N) is 1. The highest BCUT2D eigenvalue weighted by atomic mass is 15.1. The van der Waals surface area contributed by atoms with Crippen LogP contribution in [0, 0.1) is 13.8 Å². The SMILES string of the molecule is Cc1ccccc1-c1n[nH]c(C)c1CN. The molecule has 3 heteroatoms. The number of nitrogens with zero attached hydrogens (tertiary/aromatic N) is 1. The minimum absolute atomic E-state index is 0.520. The van der Waals surface area contributed by atoms with Gasteiger partial charge in [-0.15, -0.1) is 0 Å². The molecule has 1 heterocycles. The van der Waals surface area contributed by atoms with Gasteiger partial charge >= 0.3 is 0 Å². The summed E-state index contributed by atoms with van der Waals surface area (Å²) in [5, 5.41) is 7.30. The molecule has 0 saturated carbocycles. The summed E-state index contributed by atoms with van der Waals surface area (Å²) in [4.78, 5) is 0. The average molecular weight is 201 g/mol. The van der Waals surface area contributed by atoms with Crippen LogP contribution in [-0.4, -0.2) is 10.2 Å². The molecule has 2 aromatic rings. The van der Waals surface area contributed by atoms with E-state index in [0.717, 1.165) is 22.5 Å². The van der Waals surface area contributed by atoms with Crippen molar-refractivity contribution >= 4 is 0 Å². The zero-order valence-corrected chi connectivity index (χ0v) is 9.04. The van der Waals surface area contributed by atoms with Crippen molar-refractivity contribution in [3.63, 3.8) is 0 Å². The lowest BCUT2D eigenvalue weighted by Crippen LogP contribution is -1.99. The highest BCUT2D eigenvalue weighted by Gasteiger charge is 2.11. The predicted octanol–water partition coefficient (Wildman–Crippen LogP) is 2.15. The van der Waals surface area contributed by atoms with Crippen molar-refractivity contribution in [1.82, 2.24) is 10.2 Å². The van der Waals surface area contributed by atoms with Gasteiger partial charge in [0.1, 0.15) is 0 Å². The molecule has 78 valence electrons. The van der Waals surface area contributed by atoms with Crippen molar-refractivity contribution in [3.05, 3.63) is 41.1 Å². The maximum Gasteiger partial charge on any atom is 0.0970 e. The van der Waals surface area contributed by atoms with Gasteiger partial charge in [-0.3, -0.25) is 5.10 Å². The van der Waals surface area contributed by atoms with Gasteiger partial charge in [0, 0.05) is 23.4 Å². The van der Waals surface area contributed by atoms with E-state index in [1.54, 1.807) is 0 Å². The molecule has 0 saturated heterocycles. The summed E-state index contributed by atoms with van der Waals surface area (Å²) in [7, 11) is 0. The molecule has 1 aromatic heterocycles. The Morgan fingerprint density at radius 3 is 2.67 bits per heavy atom. The number of aryl methyl sites for hydroxylation is 2. The number of nitrogens with two attached hydrogens (primary N) is 1. The first kappa shape index (κ1) is 9.93. The van der Waals surface area contributed by atoms with E-state index in [0.29, 0.717) is 6.54 Å². The number of hydrogen-bond acceptors (Lipinski definition) is 2. The van der Waals surface area contributed by atoms with Crippen LogP contribution in [0.4, 0.5) is 0 Å². The maximum atomic E-state index is 5.72. The summed E-state index contributed by atoms with van der Waals surface area (Å²) in [5.74, 6) is 0. The summed E-state index contributed by atoms with van der Waals surface area (Å²) >= 11 is 0. The Balaban J connectivity index is 2.59. The molecule has 3 nitrogen and oxygen atoms in total. The van der Waals surface area contributed by atoms with Crippen LogP contribution in [0.2, 0.25) is 0 Å². The molecule has 0 radical (unpaired) electrons. The summed E-state index contributed by atoms with van der Waals surface area (Å²) in [6.45, 7) is 4.60. The van der Waals surface area contributed by atoms with Crippen molar-refractivity contribution in [2.45, 2.75) is 20.4 Å². The van der Waals surface area contributed by atoms with Crippen LogP contribution >= 0.6 is 0 Å². The Kier molecular flexibility index (Phi) is 2.56. The third-order valence-corrected chi connectivity index (χ3v) is 2.68. The van der Waals surface area contributed by atoms with Crippen molar-refractivity contribution in [2.75, 3.05) is 0 Å². The van der Waals surface area contributed by atoms with Gasteiger partial charge in [-0.2, -0.15) is 5.10 Å². The molecule has 0 aliphatic carbocycles. The van der Waals surface area contributed by atoms with E-state index in [4.69, 9.17) is 5.73 Å². The number of aromatic nitrogens is 2. The molecule has 0 fully saturated rings. The quantitative estimate of drug-likeness (QED) is 0.782. The lowest BCUT2D eigenvalue weighted by Gasteiger charge is -2.04. The minimum Gasteiger partial charge on any atom is -0.326 e. The Hall–Kier alpha value is -1.61. The topological polar surface area (TPSA) is 54.7 Å². The smallest absolute Gasteiger partial charge is 0.0970 e. The normalized spacial score (nSPS) is 10.6. The van der Waals surface area contributed by atoms with Gasteiger partial charge in [-0.1, -0.05) is 24.3 Å². The monoisotopic (exact) mass is 201 g/mol. The lowest BCUT2D eigenvalue weighted by atomic mass is 10.0. The van der Waals surface area contributed by atoms with Crippen molar-refractivity contribution in [2.24, 2.45) is 5.73 Å². The third-order valence-electron chi connectivity index (χ3n) is 2.68. The van der Waals surface area contributed by atoms with Crippen LogP contribution < -0.4 is 5.73 Å². The van der Waals surface area contributed by atoms with Crippen LogP contribution in [0.5, 0.6) is 0 Å². The fourth-order valence-electron chi connectivity index (χ4n) is 1.76. The Labute approximate surface area is 89.3 Å². The molecule has 1 aromatic carbocycles. The van der Waals surface area contributed by atoms with Crippen LogP contribution in [0.3, 0.4) is 0 Å². The standard InChI is InChI=1S/C12H15N3/c1-8-5-3-4-6-10(8)12-11(7-13)9(2)14-15-12/h3-6H,7,13H2,1-2H3,(H,14,15). The first-order valence-electron chi connectivity index (χ1n) is 5.04. The fourth-order valence-corrected chi connectivity index (χ4v) is 1.76. The van der Waals surface area contributed by atoms with Crippen LogP contribution in [0.15, 0.2) is 24.3 Å². The summed E-state index contributed by atoms with van der Waals surface area (Å²) in [6, 6.07) is 8.21. The molecule has 0 unspecified atom stereocenters. The summed E-state index contributed by atoms with van der Waals surface area (Å²) in [5.41, 5.74) is 11.2. The zero-order chi connectivity index (χ0) is 10.8. The third kappa shape index (κ3) is 1.66. The van der Waals surface area contributed by atoms with Crippen molar-refractivity contribution in [3.8, 4) is 11.3 Å². The lowest BCUT2D eigenvalue weighted by molar-refractivity contribution is 1.02. The molecule has 2 rings (SSSR count). The van der Waals surface area contributed by atoms with Crippen LogP contribution in [0.25, 0.3) is 11.3 Å². The van der Waals surface area contributed by atoms with Gasteiger partial charge in [0.15, 0.2) is 0 Å². The largest absolute Gasteiger partial charge is 0.326 e. The highest BCUT2D eigenvalue weighted by molar-refractivity contribution is 5.67. The fraction of sp³-hybridized carbons (Fsp3) is 0.250. The van der Waals surface area contributed by atoms with Gasteiger partial charge in [0.2, 0.25) is 0 Å². The molecule has 0 aliphatic heterocycles. The van der Waals surface area contributed by atoms with E-state index in [1.807, 2.05) is 19.1 Å². The van der Waals surface area contributed by atoms with Gasteiger partial charge in [-0.05, 0) is 19.4 Å². The van der Waals surface area contributed by atoms with E-state index >= 15 is 0 Å². The molecule has 15 heavy (non-hydrogen) atoms. The zero-order valence-electron chi connectivity index (χ0n) is 9.04. The van der Waals surface area contributed by atoms with E-state index < -0.39 is 0 Å². The second-order valence-corrected chi connectivity index (χ2v) is 3.69. The maximum absolute atomic E-state index is 5.72. The summed E-state index contributed by atoms with van der Waals surface area (Å²) in [6.07, 6.45) is 0. The second-order valence-electron chi connectivity index (χ2n) is 3.69. The van der Waals surface area contributed by atoms with E-state index in [2.05, 4.69) is 29.3 Å². The Morgan fingerprint density at radius 1 is 1.27 bits per heavy atom. The molecular formula is C12H15N3. The molecular weight excluding hydrogens is 186 g/mol. The van der Waals surface area contributed by atoms with Gasteiger partial charge in [0.05, 0.1) is 5.69 Å². The minimum atomic E-state index is 0.520. The number of H-pyrrole nitrogens is 1. The molecule has 0 bridgehead atoms. The molecule has 3 N–H and O–H groups in total. The van der Waals surface area contributed by atoms with E-state index in [1.165, 1.54) is 5.56 Å². The van der Waals surface area contributed by atoms with Crippen molar-refractivity contribution in [1.29, 1.82) is 0 Å². The number of hydrogen-bond donors (Lipinski definition) is 2. The average Bonchev–Trinajstić information content (AvgIpc) is 2.60. The molecule has 0 aliphatic rings. The van der Waals surface area contributed by atoms with Gasteiger partial charge in [0.25, 0.3) is 0 Å². The number of rotatable bonds is 2. The molecule has 0 atom stereocenters.